The van der Waals surface area contributed by atoms with E-state index in [0.29, 0.717) is 34.8 Å². The number of aromatic amines is 5. The molecule has 0 aliphatic heterocycles. The third-order valence-electron chi connectivity index (χ3n) is 11.4. The molecule has 0 amide bonds. The minimum atomic E-state index is 0.581. The molecule has 400 valence electrons. The number of unbranched alkanes of at least 4 members (excludes halogenated alkanes) is 1. The summed E-state index contributed by atoms with van der Waals surface area (Å²) in [4.78, 5) is 76.5. The number of rotatable bonds is 16. The third-order valence-corrected chi connectivity index (χ3v) is 11.4. The van der Waals surface area contributed by atoms with Crippen molar-refractivity contribution in [2.75, 3.05) is 39.7 Å². The van der Waals surface area contributed by atoms with Crippen molar-refractivity contribution in [3.05, 3.63) is 171 Å². The highest BCUT2D eigenvalue weighted by Crippen LogP contribution is 2.19. The number of H-pyrrole nitrogens is 5. The molecule has 0 aliphatic carbocycles. The standard InChI is InChI=1S/C13H13N5.C12H11N5.C10H9N5O.C9H13N5.C9H11N5/c1-9-3-2-4-10(5-9)6-14-12-11-13(16-7-15-11)18-8-17-12;1-2-4-9(5-3-1)6-13-11-10-12(15-7-14-10)17-8-16-11;1-2-7(16-3-1)4-11-9-8-10(13-5-12-8)15-6-14-9;2*1-2-3-4-10-8-7-9(12-5-11-7)14-6-13-8/h2-5,7-8H,6H2,1H3,(H2,14,15,16,17,18);1-5,7-8H,6H2,(H2,13,14,15,16,17);1-3,5-6H,4H2,(H2,11,12,13,14,15);5-6H,2-4H2,1H3,(H2,10,11,12,13,14);2-3,5-6H,4H2,1H3,(H2,10,11,12,13,14)/b;;;;3-2+. The van der Waals surface area contributed by atoms with E-state index in [2.05, 4.69) is 177 Å². The molecule has 0 fully saturated rings. The van der Waals surface area contributed by atoms with Crippen LogP contribution in [0.4, 0.5) is 29.1 Å². The Labute approximate surface area is 451 Å². The number of anilines is 5. The van der Waals surface area contributed by atoms with Crippen LogP contribution < -0.4 is 26.6 Å². The van der Waals surface area contributed by atoms with E-state index in [4.69, 9.17) is 4.42 Å². The first-order chi connectivity index (χ1) is 39.0. The fourth-order valence-corrected chi connectivity index (χ4v) is 7.53. The largest absolute Gasteiger partial charge is 0.467 e. The Morgan fingerprint density at radius 3 is 1.30 bits per heavy atom. The lowest BCUT2D eigenvalue weighted by molar-refractivity contribution is 0.518. The van der Waals surface area contributed by atoms with Crippen molar-refractivity contribution in [1.29, 1.82) is 0 Å². The second-order valence-electron chi connectivity index (χ2n) is 17.0. The highest BCUT2D eigenvalue weighted by Gasteiger charge is 2.09. The lowest BCUT2D eigenvalue weighted by Crippen LogP contribution is -2.03. The molecule has 0 unspecified atom stereocenters. The zero-order valence-corrected chi connectivity index (χ0v) is 43.4. The van der Waals surface area contributed by atoms with Crippen molar-refractivity contribution in [2.45, 2.75) is 53.2 Å². The molecule has 10 N–H and O–H groups in total. The molecular weight excluding hydrogens is 1000 g/mol. The second kappa shape index (κ2) is 27.7. The SMILES string of the molecule is C/C=C/CNc1ncnc2nc[nH]c12.CCCCNc1ncnc2nc[nH]c12.Cc1cccc(CNc2ncnc3nc[nH]c23)c1.c1ccc(CNc2ncnc3nc[nH]c23)cc1.c1coc(CNc2ncnc3nc[nH]c23)c1. The molecule has 13 aromatic rings. The molecular formula is C53H57N25O. The first kappa shape index (κ1) is 53.1. The molecule has 0 radical (unpaired) electrons. The normalized spacial score (nSPS) is 10.8. The summed E-state index contributed by atoms with van der Waals surface area (Å²) < 4.78 is 5.22. The summed E-state index contributed by atoms with van der Waals surface area (Å²) in [6.45, 7) is 9.95. The van der Waals surface area contributed by atoms with Gasteiger partial charge in [0.25, 0.3) is 0 Å². The van der Waals surface area contributed by atoms with Crippen LogP contribution in [0.2, 0.25) is 0 Å². The Bertz CT molecular complexity index is 3900. The van der Waals surface area contributed by atoms with Crippen LogP contribution in [-0.4, -0.2) is 113 Å². The molecule has 26 heteroatoms. The van der Waals surface area contributed by atoms with Crippen molar-refractivity contribution in [3.63, 3.8) is 0 Å². The molecule has 79 heavy (non-hydrogen) atoms. The van der Waals surface area contributed by atoms with Gasteiger partial charge in [-0.1, -0.05) is 85.7 Å². The first-order valence-corrected chi connectivity index (χ1v) is 25.2. The molecule has 11 aromatic heterocycles. The number of hydrogen-bond donors (Lipinski definition) is 10. The van der Waals surface area contributed by atoms with Gasteiger partial charge >= 0.3 is 0 Å². The number of benzene rings is 2. The third kappa shape index (κ3) is 14.7. The summed E-state index contributed by atoms with van der Waals surface area (Å²) >= 11 is 0. The Morgan fingerprint density at radius 2 is 0.873 bits per heavy atom. The number of hydrogen-bond acceptors (Lipinski definition) is 21. The van der Waals surface area contributed by atoms with E-state index in [-0.39, 0.29) is 0 Å². The highest BCUT2D eigenvalue weighted by molar-refractivity contribution is 5.84. The van der Waals surface area contributed by atoms with Gasteiger partial charge in [-0.05, 0) is 43.5 Å². The number of aryl methyl sites for hydroxylation is 1. The lowest BCUT2D eigenvalue weighted by atomic mass is 10.1. The van der Waals surface area contributed by atoms with Crippen molar-refractivity contribution in [1.82, 2.24) is 99.7 Å². The monoisotopic (exact) mass is 1060 g/mol. The topological polar surface area (TPSA) is 346 Å². The predicted octanol–water partition coefficient (Wildman–Crippen LogP) is 8.70. The van der Waals surface area contributed by atoms with E-state index >= 15 is 0 Å². The number of nitrogens with zero attached hydrogens (tertiary/aromatic N) is 15. The predicted molar refractivity (Wildman–Crippen MR) is 303 cm³/mol. The van der Waals surface area contributed by atoms with Crippen molar-refractivity contribution >= 4 is 84.9 Å². The van der Waals surface area contributed by atoms with Crippen molar-refractivity contribution < 1.29 is 4.42 Å². The Morgan fingerprint density at radius 1 is 0.443 bits per heavy atom. The van der Waals surface area contributed by atoms with Crippen LogP contribution in [0.25, 0.3) is 55.8 Å². The molecule has 0 atom stereocenters. The maximum absolute atomic E-state index is 5.22. The molecule has 2 aromatic carbocycles. The van der Waals surface area contributed by atoms with Gasteiger partial charge in [0, 0.05) is 26.2 Å². The van der Waals surface area contributed by atoms with Crippen LogP contribution in [0.5, 0.6) is 0 Å². The summed E-state index contributed by atoms with van der Waals surface area (Å²) in [6.07, 6.45) is 23.6. The zero-order chi connectivity index (χ0) is 54.3. The summed E-state index contributed by atoms with van der Waals surface area (Å²) in [5.74, 6) is 4.74. The molecule has 0 spiro atoms. The molecule has 0 aliphatic rings. The van der Waals surface area contributed by atoms with Gasteiger partial charge in [0.05, 0.1) is 44.4 Å². The first-order valence-electron chi connectivity index (χ1n) is 25.2. The number of imidazole rings is 5. The van der Waals surface area contributed by atoms with Crippen molar-refractivity contribution in [2.24, 2.45) is 0 Å². The fraction of sp³-hybridized carbons (Fsp3) is 0.189. The van der Waals surface area contributed by atoms with Gasteiger partial charge in [0.1, 0.15) is 65.0 Å². The molecule has 11 heterocycles. The molecule has 0 saturated heterocycles. The van der Waals surface area contributed by atoms with Gasteiger partial charge < -0.3 is 55.9 Å². The molecule has 13 rings (SSSR count). The van der Waals surface area contributed by atoms with Crippen LogP contribution in [0.3, 0.4) is 0 Å². The highest BCUT2D eigenvalue weighted by atomic mass is 16.3. The fourth-order valence-electron chi connectivity index (χ4n) is 7.53. The summed E-state index contributed by atoms with van der Waals surface area (Å²) in [5, 5.41) is 16.1. The maximum Gasteiger partial charge on any atom is 0.182 e. The lowest BCUT2D eigenvalue weighted by Gasteiger charge is -2.06. The van der Waals surface area contributed by atoms with Crippen LogP contribution in [0.1, 0.15) is 49.1 Å². The van der Waals surface area contributed by atoms with Gasteiger partial charge in [-0.2, -0.15) is 0 Å². The maximum atomic E-state index is 5.22. The Hall–Kier alpha value is -10.8. The van der Waals surface area contributed by atoms with E-state index < -0.39 is 0 Å². The average molecular weight is 1060 g/mol. The number of nitrogens with one attached hydrogen (secondary N) is 10. The molecule has 0 bridgehead atoms. The number of furan rings is 1. The smallest absolute Gasteiger partial charge is 0.182 e. The van der Waals surface area contributed by atoms with E-state index in [1.807, 2.05) is 49.4 Å². The summed E-state index contributed by atoms with van der Waals surface area (Å²) in [7, 11) is 0. The summed E-state index contributed by atoms with van der Waals surface area (Å²) in [6, 6.07) is 22.3. The van der Waals surface area contributed by atoms with E-state index in [1.165, 1.54) is 54.7 Å². The van der Waals surface area contributed by atoms with Gasteiger partial charge in [-0.3, -0.25) is 0 Å². The van der Waals surface area contributed by atoms with Crippen LogP contribution in [0.15, 0.2) is 153 Å². The Balaban J connectivity index is 0.000000120. The molecule has 26 nitrogen and oxygen atoms in total. The zero-order valence-electron chi connectivity index (χ0n) is 43.4. The molecule has 0 saturated carbocycles. The van der Waals surface area contributed by atoms with Crippen molar-refractivity contribution in [3.8, 4) is 0 Å². The number of allylic oxidation sites excluding steroid dienone is 1. The van der Waals surface area contributed by atoms with Gasteiger partial charge in [0.2, 0.25) is 0 Å². The average Bonchev–Trinajstić information content (AvgIpc) is 4.39. The van der Waals surface area contributed by atoms with Crippen LogP contribution in [0, 0.1) is 6.92 Å². The van der Waals surface area contributed by atoms with E-state index in [1.54, 1.807) is 37.9 Å². The second-order valence-corrected chi connectivity index (χ2v) is 17.0. The van der Waals surface area contributed by atoms with Gasteiger partial charge in [-0.25, -0.2) is 74.8 Å². The minimum Gasteiger partial charge on any atom is -0.467 e. The van der Waals surface area contributed by atoms with Crippen LogP contribution in [-0.2, 0) is 19.6 Å². The van der Waals surface area contributed by atoms with Crippen LogP contribution >= 0.6 is 0 Å². The minimum absolute atomic E-state index is 0.581. The number of fused-ring (bicyclic) bond motifs is 5. The van der Waals surface area contributed by atoms with E-state index in [9.17, 15) is 0 Å². The Kier molecular flexibility index (Phi) is 18.6. The quantitative estimate of drug-likeness (QED) is 0.0319. The van der Waals surface area contributed by atoms with Gasteiger partial charge in [0.15, 0.2) is 57.3 Å². The summed E-state index contributed by atoms with van der Waals surface area (Å²) in [5.41, 5.74) is 11.3. The van der Waals surface area contributed by atoms with Gasteiger partial charge in [-0.15, -0.1) is 0 Å². The van der Waals surface area contributed by atoms with E-state index in [0.717, 1.165) is 95.0 Å². The number of aromatic nitrogens is 20.